The average Bonchev–Trinajstić information content (AvgIpc) is 2.33. The Morgan fingerprint density at radius 1 is 1.50 bits per heavy atom. The highest BCUT2D eigenvalue weighted by Gasteiger charge is 2.15. The van der Waals surface area contributed by atoms with Crippen molar-refractivity contribution in [2.45, 2.75) is 13.8 Å². The number of aryl methyl sites for hydroxylation is 1. The highest BCUT2D eigenvalue weighted by atomic mass is 16.5. The van der Waals surface area contributed by atoms with E-state index in [9.17, 15) is 4.79 Å². The molecule has 0 aromatic heterocycles. The molecule has 0 amide bonds. The zero-order valence-electron chi connectivity index (χ0n) is 10.4. The zero-order chi connectivity index (χ0) is 13.5. The van der Waals surface area contributed by atoms with Crippen molar-refractivity contribution >= 4 is 11.7 Å². The molecule has 0 aliphatic heterocycles. The van der Waals surface area contributed by atoms with Crippen LogP contribution >= 0.6 is 0 Å². The lowest BCUT2D eigenvalue weighted by molar-refractivity contribution is -0.138. The van der Waals surface area contributed by atoms with Gasteiger partial charge in [0.25, 0.3) is 0 Å². The molecule has 94 valence electrons. The second kappa shape index (κ2) is 6.30. The zero-order valence-corrected chi connectivity index (χ0v) is 10.4. The van der Waals surface area contributed by atoms with Gasteiger partial charge in [-0.3, -0.25) is 0 Å². The molecule has 0 radical (unpaired) electrons. The molecule has 1 aromatic rings. The van der Waals surface area contributed by atoms with Crippen molar-refractivity contribution < 1.29 is 9.53 Å². The number of para-hydroxylation sites is 1. The second-order valence-electron chi connectivity index (χ2n) is 3.56. The van der Waals surface area contributed by atoms with Crippen LogP contribution in [0.3, 0.4) is 0 Å². The van der Waals surface area contributed by atoms with Crippen molar-refractivity contribution in [2.24, 2.45) is 5.73 Å². The van der Waals surface area contributed by atoms with Gasteiger partial charge in [0.2, 0.25) is 0 Å². The monoisotopic (exact) mass is 245 g/mol. The molecule has 0 bridgehead atoms. The molecule has 0 unspecified atom stereocenters. The molecule has 5 heteroatoms. The molecule has 1 rings (SSSR count). The number of nitrogens with two attached hydrogens (primary N) is 1. The summed E-state index contributed by atoms with van der Waals surface area (Å²) in [6, 6.07) is 9.16. The van der Waals surface area contributed by atoms with Crippen molar-refractivity contribution in [2.75, 3.05) is 11.9 Å². The van der Waals surface area contributed by atoms with E-state index in [0.29, 0.717) is 0 Å². The van der Waals surface area contributed by atoms with Gasteiger partial charge in [-0.05, 0) is 25.5 Å². The summed E-state index contributed by atoms with van der Waals surface area (Å²) in [7, 11) is 0. The van der Waals surface area contributed by atoms with Gasteiger partial charge < -0.3 is 15.8 Å². The third kappa shape index (κ3) is 3.25. The van der Waals surface area contributed by atoms with Crippen molar-refractivity contribution in [3.05, 3.63) is 41.2 Å². The second-order valence-corrected chi connectivity index (χ2v) is 3.56. The minimum absolute atomic E-state index is 0.00903. The standard InChI is InChI=1S/C13H15N3O2/c1-3-18-13(17)10(8-14)12(15)16-11-7-5-4-6-9(11)2/h4-7,16H,3,15H2,1-2H3/b12-10-. The number of nitrogens with zero attached hydrogens (tertiary/aromatic N) is 1. The molecule has 0 saturated heterocycles. The van der Waals surface area contributed by atoms with Crippen LogP contribution in [0.1, 0.15) is 12.5 Å². The maximum atomic E-state index is 11.5. The van der Waals surface area contributed by atoms with Crippen molar-refractivity contribution in [3.63, 3.8) is 0 Å². The van der Waals surface area contributed by atoms with Gasteiger partial charge in [0.15, 0.2) is 5.57 Å². The first kappa shape index (κ1) is 13.6. The number of nitrogens with one attached hydrogen (secondary N) is 1. The van der Waals surface area contributed by atoms with Gasteiger partial charge >= 0.3 is 5.97 Å². The van der Waals surface area contributed by atoms with E-state index in [-0.39, 0.29) is 18.0 Å². The Balaban J connectivity index is 2.98. The van der Waals surface area contributed by atoms with Gasteiger partial charge in [0.1, 0.15) is 11.9 Å². The van der Waals surface area contributed by atoms with E-state index in [1.54, 1.807) is 13.0 Å². The van der Waals surface area contributed by atoms with Crippen LogP contribution in [0.5, 0.6) is 0 Å². The summed E-state index contributed by atoms with van der Waals surface area (Å²) in [5.41, 5.74) is 7.19. The number of anilines is 1. The van der Waals surface area contributed by atoms with E-state index in [0.717, 1.165) is 11.3 Å². The lowest BCUT2D eigenvalue weighted by Crippen LogP contribution is -2.18. The van der Waals surface area contributed by atoms with E-state index in [1.165, 1.54) is 0 Å². The molecular weight excluding hydrogens is 230 g/mol. The number of rotatable bonds is 4. The van der Waals surface area contributed by atoms with Crippen LogP contribution in [-0.4, -0.2) is 12.6 Å². The lowest BCUT2D eigenvalue weighted by Gasteiger charge is -2.10. The number of hydrogen-bond donors (Lipinski definition) is 2. The summed E-state index contributed by atoms with van der Waals surface area (Å²) in [5.74, 6) is -0.733. The van der Waals surface area contributed by atoms with Crippen LogP contribution < -0.4 is 11.1 Å². The topological polar surface area (TPSA) is 88.1 Å². The van der Waals surface area contributed by atoms with Crippen LogP contribution in [0.25, 0.3) is 0 Å². The third-order valence-electron chi connectivity index (χ3n) is 2.28. The minimum Gasteiger partial charge on any atom is -0.462 e. The van der Waals surface area contributed by atoms with Crippen molar-refractivity contribution in [1.29, 1.82) is 5.26 Å². The van der Waals surface area contributed by atoms with Gasteiger partial charge in [-0.1, -0.05) is 18.2 Å². The highest BCUT2D eigenvalue weighted by molar-refractivity contribution is 5.94. The first-order chi connectivity index (χ1) is 8.60. The first-order valence-corrected chi connectivity index (χ1v) is 5.49. The van der Waals surface area contributed by atoms with Gasteiger partial charge in [0.05, 0.1) is 6.61 Å². The summed E-state index contributed by atoms with van der Waals surface area (Å²) >= 11 is 0. The average molecular weight is 245 g/mol. The van der Waals surface area contributed by atoms with Crippen LogP contribution in [-0.2, 0) is 9.53 Å². The molecule has 5 nitrogen and oxygen atoms in total. The van der Waals surface area contributed by atoms with Gasteiger partial charge in [-0.15, -0.1) is 0 Å². The number of nitriles is 1. The van der Waals surface area contributed by atoms with Crippen molar-refractivity contribution in [1.82, 2.24) is 0 Å². The Bertz CT molecular complexity index is 515. The normalized spacial score (nSPS) is 11.2. The molecule has 0 saturated carbocycles. The van der Waals surface area contributed by atoms with E-state index < -0.39 is 5.97 Å². The maximum Gasteiger partial charge on any atom is 0.352 e. The van der Waals surface area contributed by atoms with E-state index in [2.05, 4.69) is 5.32 Å². The van der Waals surface area contributed by atoms with Crippen molar-refractivity contribution in [3.8, 4) is 6.07 Å². The molecule has 3 N–H and O–H groups in total. The summed E-state index contributed by atoms with van der Waals surface area (Å²) in [6.45, 7) is 3.76. The predicted octanol–water partition coefficient (Wildman–Crippen LogP) is 1.66. The molecule has 0 spiro atoms. The number of benzene rings is 1. The SMILES string of the molecule is CCOC(=O)/C(C#N)=C(/N)Nc1ccccc1C. The number of esters is 1. The Labute approximate surface area is 106 Å². The Kier molecular flexibility index (Phi) is 4.76. The molecule has 0 fully saturated rings. The molecular formula is C13H15N3O2. The third-order valence-corrected chi connectivity index (χ3v) is 2.28. The summed E-state index contributed by atoms with van der Waals surface area (Å²) in [4.78, 5) is 11.5. The highest BCUT2D eigenvalue weighted by Crippen LogP contribution is 2.15. The fourth-order valence-corrected chi connectivity index (χ4v) is 1.34. The van der Waals surface area contributed by atoms with E-state index in [4.69, 9.17) is 15.7 Å². The summed E-state index contributed by atoms with van der Waals surface area (Å²) < 4.78 is 4.74. The molecule has 0 atom stereocenters. The number of hydrogen-bond acceptors (Lipinski definition) is 5. The van der Waals surface area contributed by atoms with Gasteiger partial charge in [-0.2, -0.15) is 5.26 Å². The quantitative estimate of drug-likeness (QED) is 0.478. The molecule has 0 aliphatic carbocycles. The number of ether oxygens (including phenoxy) is 1. The van der Waals surface area contributed by atoms with Crippen LogP contribution in [0.2, 0.25) is 0 Å². The minimum atomic E-state index is -0.724. The lowest BCUT2D eigenvalue weighted by atomic mass is 10.2. The largest absolute Gasteiger partial charge is 0.462 e. The molecule has 0 heterocycles. The maximum absolute atomic E-state index is 11.5. The first-order valence-electron chi connectivity index (χ1n) is 5.49. The van der Waals surface area contributed by atoms with Gasteiger partial charge in [-0.25, -0.2) is 4.79 Å². The Hall–Kier alpha value is -2.48. The molecule has 1 aromatic carbocycles. The number of carbonyl (C=O) groups is 1. The molecule has 0 aliphatic rings. The summed E-state index contributed by atoms with van der Waals surface area (Å²) in [6.07, 6.45) is 0. The summed E-state index contributed by atoms with van der Waals surface area (Å²) in [5, 5.41) is 11.7. The van der Waals surface area contributed by atoms with Crippen LogP contribution in [0.4, 0.5) is 5.69 Å². The van der Waals surface area contributed by atoms with Crippen LogP contribution in [0.15, 0.2) is 35.7 Å². The van der Waals surface area contributed by atoms with Crippen LogP contribution in [0, 0.1) is 18.3 Å². The Morgan fingerprint density at radius 2 is 2.17 bits per heavy atom. The predicted molar refractivity (Wildman–Crippen MR) is 68.3 cm³/mol. The fraction of sp³-hybridized carbons (Fsp3) is 0.231. The van der Waals surface area contributed by atoms with Gasteiger partial charge in [0, 0.05) is 5.69 Å². The number of carbonyl (C=O) groups excluding carboxylic acids is 1. The van der Waals surface area contributed by atoms with E-state index in [1.807, 2.05) is 31.2 Å². The fourth-order valence-electron chi connectivity index (χ4n) is 1.34. The molecule has 18 heavy (non-hydrogen) atoms. The smallest absolute Gasteiger partial charge is 0.352 e. The Morgan fingerprint density at radius 3 is 2.72 bits per heavy atom. The van der Waals surface area contributed by atoms with E-state index >= 15 is 0 Å².